The lowest BCUT2D eigenvalue weighted by Gasteiger charge is -2.33. The van der Waals surface area contributed by atoms with E-state index in [1.54, 1.807) is 0 Å². The van der Waals surface area contributed by atoms with Crippen LogP contribution in [0.4, 0.5) is 5.69 Å². The average Bonchev–Trinajstić information content (AvgIpc) is 3.49. The van der Waals surface area contributed by atoms with E-state index in [9.17, 15) is 19.2 Å². The molecule has 0 unspecified atom stereocenters. The Bertz CT molecular complexity index is 2090. The van der Waals surface area contributed by atoms with Crippen LogP contribution in [-0.2, 0) is 14.4 Å². The predicted molar refractivity (Wildman–Crippen MR) is 199 cm³/mol. The number of fused-ring (bicyclic) bond motifs is 1. The van der Waals surface area contributed by atoms with Gasteiger partial charge in [0.05, 0.1) is 6.07 Å². The van der Waals surface area contributed by atoms with Crippen molar-refractivity contribution >= 4 is 29.3 Å². The first-order valence-corrected chi connectivity index (χ1v) is 19.7. The van der Waals surface area contributed by atoms with Crippen LogP contribution in [0.2, 0.25) is 0 Å². The van der Waals surface area contributed by atoms with Crippen LogP contribution in [0.1, 0.15) is 49.9 Å². The molecule has 0 spiro atoms. The van der Waals surface area contributed by atoms with Crippen LogP contribution in [-0.4, -0.2) is 86.3 Å². The molecule has 6 rings (SSSR count). The minimum atomic E-state index is -4.94. The lowest BCUT2D eigenvalue weighted by Crippen LogP contribution is -2.68. The average molecular weight is 788 g/mol. The maximum absolute atomic E-state index is 14.2. The number of carbonyl (C=O) groups is 4. The van der Waals surface area contributed by atoms with Crippen molar-refractivity contribution in [1.82, 2.24) is 19.7 Å². The molecule has 2 aromatic carbocycles. The molecule has 4 amide bonds. The second kappa shape index (κ2) is 18.5. The number of hydrogen-bond acceptors (Lipinski definition) is 10. The number of nitrogens with one attached hydrogen (secondary N) is 1. The Hall–Kier alpha value is -5.38. The molecule has 0 atom stereocenters. The predicted octanol–water partition coefficient (Wildman–Crippen LogP) is 0.266. The van der Waals surface area contributed by atoms with E-state index in [1.807, 2.05) is 49.3 Å². The molecule has 56 heavy (non-hydrogen) atoms. The molecule has 3 aliphatic heterocycles. The summed E-state index contributed by atoms with van der Waals surface area (Å²) in [6.07, 6.45) is 4.40. The van der Waals surface area contributed by atoms with Crippen molar-refractivity contribution in [2.45, 2.75) is 45.6 Å². The summed E-state index contributed by atoms with van der Waals surface area (Å²) in [5, 5.41) is 4.16. The summed E-state index contributed by atoms with van der Waals surface area (Å²) >= 11 is 0. The zero-order chi connectivity index (χ0) is 40.6. The van der Waals surface area contributed by atoms with E-state index in [2.05, 4.69) is 71.1 Å². The molecule has 1 aliphatic carbocycles. The van der Waals surface area contributed by atoms with E-state index >= 15 is 0 Å². The van der Waals surface area contributed by atoms with E-state index in [1.165, 1.54) is 12.2 Å². The number of anilines is 1. The maximum atomic E-state index is 14.2. The fourth-order valence-electron chi connectivity index (χ4n) is 6.90. The van der Waals surface area contributed by atoms with E-state index in [0.29, 0.717) is 43.7 Å². The van der Waals surface area contributed by atoms with Crippen LogP contribution in [0.25, 0.3) is 33.8 Å². The number of amides is 4. The van der Waals surface area contributed by atoms with Gasteiger partial charge in [0.25, 0.3) is 17.7 Å². The summed E-state index contributed by atoms with van der Waals surface area (Å²) in [5.41, 5.74) is 5.35. The molecule has 2 aromatic rings. The van der Waals surface area contributed by atoms with Gasteiger partial charge in [0.1, 0.15) is 24.6 Å². The van der Waals surface area contributed by atoms with E-state index in [-0.39, 0.29) is 42.6 Å². The summed E-state index contributed by atoms with van der Waals surface area (Å²) in [6, 6.07) is 24.3. The van der Waals surface area contributed by atoms with Gasteiger partial charge in [0.15, 0.2) is 0 Å². The molecule has 1 fully saturated rings. The highest BCUT2D eigenvalue weighted by molar-refractivity contribution is 6.12. The second-order valence-electron chi connectivity index (χ2n) is 13.6. The van der Waals surface area contributed by atoms with Gasteiger partial charge in [-0.25, -0.2) is 23.2 Å². The molecule has 3 heterocycles. The third kappa shape index (κ3) is 10.7. The third-order valence-corrected chi connectivity index (χ3v) is 9.83. The molecule has 0 bridgehead atoms. The largest absolute Gasteiger partial charge is 0.456 e. The Labute approximate surface area is 327 Å². The maximum Gasteiger partial charge on any atom is 0.254 e. The van der Waals surface area contributed by atoms with Crippen LogP contribution in [0.15, 0.2) is 89.4 Å². The molecule has 0 radical (unpaired) electrons. The monoisotopic (exact) mass is 787 g/mol. The highest BCUT2D eigenvalue weighted by Crippen LogP contribution is 2.39. The number of hydrogen-bond donors (Lipinski definition) is 1. The fourth-order valence-corrected chi connectivity index (χ4v) is 6.90. The van der Waals surface area contributed by atoms with E-state index in [0.717, 1.165) is 57.0 Å². The van der Waals surface area contributed by atoms with Crippen LogP contribution in [0.3, 0.4) is 0 Å². The van der Waals surface area contributed by atoms with Gasteiger partial charge in [0.2, 0.25) is 11.3 Å². The number of halogens is 1. The van der Waals surface area contributed by atoms with Crippen molar-refractivity contribution in [3.63, 3.8) is 0 Å². The molecule has 0 saturated carbocycles. The number of benzene rings is 3. The van der Waals surface area contributed by atoms with Gasteiger partial charge in [-0.1, -0.05) is 18.2 Å². The van der Waals surface area contributed by atoms with Gasteiger partial charge < -0.3 is 19.5 Å². The minimum Gasteiger partial charge on any atom is -0.456 e. The van der Waals surface area contributed by atoms with Crippen LogP contribution >= 0.6 is 0 Å². The Kier molecular flexibility index (Phi) is 13.8. The first-order valence-electron chi connectivity index (χ1n) is 18.4. The molecular formula is C41H46ClN5O9. The Morgan fingerprint density at radius 2 is 1.46 bits per heavy atom. The van der Waals surface area contributed by atoms with Gasteiger partial charge in [0, 0.05) is 86.8 Å². The Morgan fingerprint density at radius 1 is 0.839 bits per heavy atom. The highest BCUT2D eigenvalue weighted by Gasteiger charge is 2.28. The van der Waals surface area contributed by atoms with Crippen molar-refractivity contribution in [3.05, 3.63) is 95.9 Å². The molecule has 0 aromatic heterocycles. The lowest BCUT2D eigenvalue weighted by atomic mass is 9.92. The van der Waals surface area contributed by atoms with Crippen molar-refractivity contribution in [1.29, 1.82) is 0 Å². The fraction of sp³-hybridized carbons (Fsp3) is 0.341. The molecule has 4 aliphatic rings. The zero-order valence-corrected chi connectivity index (χ0v) is 32.6. The van der Waals surface area contributed by atoms with Crippen LogP contribution in [0, 0.1) is 10.2 Å². The molecule has 15 heteroatoms. The molecule has 296 valence electrons. The summed E-state index contributed by atoms with van der Waals surface area (Å²) < 4.78 is 42.9. The van der Waals surface area contributed by atoms with Gasteiger partial charge in [-0.2, -0.15) is 0 Å². The summed E-state index contributed by atoms with van der Waals surface area (Å²) in [6.45, 7) is 7.28. The van der Waals surface area contributed by atoms with Gasteiger partial charge in [-0.3, -0.25) is 24.1 Å². The molecular weight excluding hydrogens is 742 g/mol. The normalized spacial score (nSPS) is 14.5. The van der Waals surface area contributed by atoms with E-state index in [4.69, 9.17) is 23.1 Å². The zero-order valence-electron chi connectivity index (χ0n) is 31.9. The number of nitrogens with zero attached hydrogens (tertiary/aromatic N) is 4. The number of rotatable bonds is 11. The van der Waals surface area contributed by atoms with Crippen molar-refractivity contribution < 1.29 is 52.5 Å². The third-order valence-electron chi connectivity index (χ3n) is 9.83. The minimum absolute atomic E-state index is 0.0466. The van der Waals surface area contributed by atoms with Gasteiger partial charge in [-0.05, 0) is 86.7 Å². The first-order chi connectivity index (χ1) is 26.7. The smallest absolute Gasteiger partial charge is 0.254 e. The van der Waals surface area contributed by atoms with Crippen LogP contribution < -0.4 is 38.8 Å². The summed E-state index contributed by atoms with van der Waals surface area (Å²) in [7, 11) is -0.916. The van der Waals surface area contributed by atoms with Crippen molar-refractivity contribution in [3.8, 4) is 33.8 Å². The Balaban J connectivity index is 0.00000113. The Morgan fingerprint density at radius 3 is 2.07 bits per heavy atom. The topological polar surface area (TPSA) is 198 Å². The molecule has 14 nitrogen and oxygen atoms in total. The number of likely N-dealkylation sites (tertiary alicyclic amines) is 1. The van der Waals surface area contributed by atoms with Crippen molar-refractivity contribution in [2.24, 2.45) is 0 Å². The summed E-state index contributed by atoms with van der Waals surface area (Å²) in [4.78, 5) is 55.5. The SMILES string of the molecule is CC[N+](CC)=c1ccc2c(-c3ccccc3C(=O)N3CCC(NC(=O)CCCN4C(=O)C=CC4=O)CC3)cc(-c3ccc(N(C)C)cc3)oc-2c1.[O-][Cl+3]([O-])([O-])[O-]. The number of imide groups is 1. The van der Waals surface area contributed by atoms with E-state index < -0.39 is 10.2 Å². The standard InChI is InChI=1S/C41H45N5O5.ClHO4/c1-5-44(6-2)31-17-18-33-35(27-36(51-37(33)26-31)28-13-15-30(16-14-28)43(3)4)32-10-7-8-11-34(32)41(50)45-24-21-29(22-25-45)42-38(47)12-9-23-46-39(48)19-20-40(46)49;2-1(3,4)5/h7-8,10-11,13-20,26-27,29H,5-6,9,12,21-25H2,1-4H3;(H,2,3,4,5). The quantitative estimate of drug-likeness (QED) is 0.163. The second-order valence-corrected chi connectivity index (χ2v) is 14.4. The van der Waals surface area contributed by atoms with Crippen molar-refractivity contribution in [2.75, 3.05) is 51.7 Å². The first kappa shape index (κ1) is 41.8. The highest BCUT2D eigenvalue weighted by atomic mass is 35.7. The lowest BCUT2D eigenvalue weighted by molar-refractivity contribution is -2.00. The van der Waals surface area contributed by atoms with Crippen LogP contribution in [0.5, 0.6) is 0 Å². The molecule has 1 saturated heterocycles. The van der Waals surface area contributed by atoms with Gasteiger partial charge >= 0.3 is 0 Å². The summed E-state index contributed by atoms with van der Waals surface area (Å²) in [5.74, 6) is 0.624. The molecule has 1 N–H and O–H groups in total. The number of piperidine rings is 1. The van der Waals surface area contributed by atoms with Gasteiger partial charge in [-0.15, -0.1) is 10.2 Å². The number of carbonyl (C=O) groups excluding carboxylic acids is 4.